The van der Waals surface area contributed by atoms with Crippen LogP contribution in [0.2, 0.25) is 0 Å². The van der Waals surface area contributed by atoms with Crippen molar-refractivity contribution in [2.45, 2.75) is 27.2 Å². The lowest BCUT2D eigenvalue weighted by molar-refractivity contribution is 0.744. The van der Waals surface area contributed by atoms with Gasteiger partial charge in [-0.25, -0.2) is 15.0 Å². The molecule has 0 N–H and O–H groups in total. The Labute approximate surface area is 422 Å². The van der Waals surface area contributed by atoms with Crippen LogP contribution in [0.3, 0.4) is 0 Å². The summed E-state index contributed by atoms with van der Waals surface area (Å²) in [5, 5.41) is 2.37. The smallest absolute Gasteiger partial charge is 0.164 e. The van der Waals surface area contributed by atoms with Crippen molar-refractivity contribution < 1.29 is 0 Å². The first-order valence-electron chi connectivity index (χ1n) is 24.9. The molecule has 0 saturated heterocycles. The van der Waals surface area contributed by atoms with Gasteiger partial charge in [-0.3, -0.25) is 0 Å². The van der Waals surface area contributed by atoms with Crippen LogP contribution in [0.1, 0.15) is 33.0 Å². The number of allylic oxidation sites excluding steroid dienone is 6. The summed E-state index contributed by atoms with van der Waals surface area (Å²) < 4.78 is 2.56. The molecule has 4 nitrogen and oxygen atoms in total. The van der Waals surface area contributed by atoms with Crippen molar-refractivity contribution >= 4 is 27.4 Å². The van der Waals surface area contributed by atoms with Gasteiger partial charge in [-0.15, -0.1) is 0 Å². The lowest BCUT2D eigenvalue weighted by Gasteiger charge is -2.23. The molecule has 0 bridgehead atoms. The molecule has 4 heteroatoms. The van der Waals surface area contributed by atoms with Crippen molar-refractivity contribution in [3.8, 4) is 84.1 Å². The number of rotatable bonds is 13. The maximum atomic E-state index is 5.44. The lowest BCUT2D eigenvalue weighted by Crippen LogP contribution is -2.06. The van der Waals surface area contributed by atoms with Gasteiger partial charge >= 0.3 is 0 Å². The number of fused-ring (bicyclic) bond motifs is 3. The van der Waals surface area contributed by atoms with E-state index in [9.17, 15) is 0 Å². The average molecular weight is 927 g/mol. The fourth-order valence-corrected chi connectivity index (χ4v) is 10.1. The summed E-state index contributed by atoms with van der Waals surface area (Å²) in [6.45, 7) is 6.36. The van der Waals surface area contributed by atoms with Crippen LogP contribution in [-0.4, -0.2) is 19.5 Å². The van der Waals surface area contributed by atoms with Gasteiger partial charge in [-0.2, -0.15) is 0 Å². The molecule has 0 amide bonds. The van der Waals surface area contributed by atoms with Crippen LogP contribution in [0.5, 0.6) is 0 Å². The minimum atomic E-state index is 0.349. The Morgan fingerprint density at radius 1 is 0.417 bits per heavy atom. The second-order valence-electron chi connectivity index (χ2n) is 18.3. The first-order valence-corrected chi connectivity index (χ1v) is 24.9. The molecule has 11 aromatic rings. The summed E-state index contributed by atoms with van der Waals surface area (Å²) in [5.41, 5.74) is 17.3. The molecule has 2 heterocycles. The number of hydrogen-bond donors (Lipinski definition) is 0. The molecule has 0 aliphatic heterocycles. The highest BCUT2D eigenvalue weighted by Crippen LogP contribution is 2.47. The molecule has 11 rings (SSSR count). The average Bonchev–Trinajstić information content (AvgIpc) is 3.80. The van der Waals surface area contributed by atoms with Crippen LogP contribution in [0.25, 0.3) is 111 Å². The second-order valence-corrected chi connectivity index (χ2v) is 18.3. The van der Waals surface area contributed by atoms with Crippen LogP contribution in [0.15, 0.2) is 255 Å². The summed E-state index contributed by atoms with van der Waals surface area (Å²) in [4.78, 5) is 16.1. The molecular formula is C68H54N4. The van der Waals surface area contributed by atoms with E-state index in [0.717, 1.165) is 95.5 Å². The first-order chi connectivity index (χ1) is 35.6. The highest BCUT2D eigenvalue weighted by Gasteiger charge is 2.26. The Hall–Kier alpha value is -8.99. The van der Waals surface area contributed by atoms with Crippen molar-refractivity contribution in [1.82, 2.24) is 19.5 Å². The molecule has 72 heavy (non-hydrogen) atoms. The molecule has 0 radical (unpaired) electrons. The van der Waals surface area contributed by atoms with Gasteiger partial charge in [-0.05, 0) is 71.7 Å². The Kier molecular flexibility index (Phi) is 13.0. The Bertz CT molecular complexity index is 3600. The van der Waals surface area contributed by atoms with E-state index in [2.05, 4.69) is 267 Å². The fourth-order valence-electron chi connectivity index (χ4n) is 10.1. The van der Waals surface area contributed by atoms with E-state index in [1.807, 2.05) is 13.0 Å². The Morgan fingerprint density at radius 2 is 0.833 bits per heavy atom. The van der Waals surface area contributed by atoms with Crippen LogP contribution in [0, 0.1) is 5.92 Å². The zero-order valence-corrected chi connectivity index (χ0v) is 40.8. The maximum absolute atomic E-state index is 5.44. The van der Waals surface area contributed by atoms with Crippen LogP contribution in [-0.2, 0) is 0 Å². The van der Waals surface area contributed by atoms with E-state index in [1.165, 1.54) is 10.8 Å². The molecule has 0 aliphatic carbocycles. The summed E-state index contributed by atoms with van der Waals surface area (Å²) in [6, 6.07) is 80.3. The zero-order chi connectivity index (χ0) is 48.8. The summed E-state index contributed by atoms with van der Waals surface area (Å²) in [7, 11) is 0. The molecule has 2 aromatic heterocycles. The molecule has 1 unspecified atom stereocenters. The zero-order valence-electron chi connectivity index (χ0n) is 40.8. The van der Waals surface area contributed by atoms with E-state index in [-0.39, 0.29) is 0 Å². The minimum Gasteiger partial charge on any atom is -0.307 e. The van der Waals surface area contributed by atoms with Gasteiger partial charge in [0.1, 0.15) is 0 Å². The van der Waals surface area contributed by atoms with Crippen LogP contribution in [0.4, 0.5) is 0 Å². The predicted molar refractivity (Wildman–Crippen MR) is 304 cm³/mol. The third kappa shape index (κ3) is 9.03. The lowest BCUT2D eigenvalue weighted by atomic mass is 9.92. The normalized spacial score (nSPS) is 12.3. The van der Waals surface area contributed by atoms with Crippen molar-refractivity contribution in [3.05, 3.63) is 261 Å². The van der Waals surface area contributed by atoms with E-state index in [0.29, 0.717) is 23.4 Å². The molecule has 1 atom stereocenters. The van der Waals surface area contributed by atoms with E-state index in [1.54, 1.807) is 0 Å². The number of para-hydroxylation sites is 2. The van der Waals surface area contributed by atoms with E-state index < -0.39 is 0 Å². The highest BCUT2D eigenvalue weighted by atomic mass is 15.0. The van der Waals surface area contributed by atoms with Gasteiger partial charge in [0.25, 0.3) is 0 Å². The van der Waals surface area contributed by atoms with Gasteiger partial charge in [0.15, 0.2) is 17.5 Å². The minimum absolute atomic E-state index is 0.349. The van der Waals surface area contributed by atoms with E-state index >= 15 is 0 Å². The standard InChI is InChI=1S/C68H54N4/c1-4-23-47(3)39-40-54(24-5-2)66-69-67(55-43-41-49(42-44-55)48-25-11-6-12-26-48)71-68(70-66)56-45-61(52-31-17-9-18-32-52)65(62(46-56)53-33-19-10-20-34-53)72-63-57(50-27-13-7-14-28-50)35-21-37-59(63)60-38-22-36-58(64(60)72)51-29-15-8-16-30-51/h4-38,40-47H,39H2,1-3H3/b23-4-,24-5-,54-40+. The van der Waals surface area contributed by atoms with Crippen LogP contribution >= 0.6 is 0 Å². The van der Waals surface area contributed by atoms with Gasteiger partial charge in [0, 0.05) is 49.7 Å². The summed E-state index contributed by atoms with van der Waals surface area (Å²) in [6.07, 6.45) is 11.6. The van der Waals surface area contributed by atoms with Gasteiger partial charge < -0.3 is 4.57 Å². The third-order valence-electron chi connectivity index (χ3n) is 13.5. The van der Waals surface area contributed by atoms with Gasteiger partial charge in [0.2, 0.25) is 0 Å². The molecule has 0 aliphatic rings. The topological polar surface area (TPSA) is 43.6 Å². The van der Waals surface area contributed by atoms with Gasteiger partial charge in [0.05, 0.1) is 16.7 Å². The second kappa shape index (κ2) is 20.5. The number of nitrogens with zero attached hydrogens (tertiary/aromatic N) is 4. The number of hydrogen-bond acceptors (Lipinski definition) is 3. The van der Waals surface area contributed by atoms with Crippen molar-refractivity contribution in [2.24, 2.45) is 5.92 Å². The van der Waals surface area contributed by atoms with Crippen molar-refractivity contribution in [1.29, 1.82) is 0 Å². The molecule has 0 saturated carbocycles. The number of aromatic nitrogens is 4. The quantitative estimate of drug-likeness (QED) is 0.0855. The molecular weight excluding hydrogens is 873 g/mol. The maximum Gasteiger partial charge on any atom is 0.164 e. The molecule has 9 aromatic carbocycles. The molecule has 0 spiro atoms. The Balaban J connectivity index is 1.25. The summed E-state index contributed by atoms with van der Waals surface area (Å²) >= 11 is 0. The molecule has 346 valence electrons. The van der Waals surface area contributed by atoms with Crippen molar-refractivity contribution in [3.63, 3.8) is 0 Å². The Morgan fingerprint density at radius 3 is 1.29 bits per heavy atom. The number of benzene rings is 9. The first kappa shape index (κ1) is 45.5. The van der Waals surface area contributed by atoms with Crippen LogP contribution < -0.4 is 0 Å². The fraction of sp³-hybridized carbons (Fsp3) is 0.0735. The monoisotopic (exact) mass is 926 g/mol. The molecule has 0 fully saturated rings. The SMILES string of the molecule is C/C=C\C(=C/CC(C)/C=C\C)c1nc(-c2ccc(-c3ccccc3)cc2)nc(-c2cc(-c3ccccc3)c(-n3c4c(-c5ccccc5)cccc4c4cccc(-c5ccccc5)c43)c(-c3ccccc3)c2)n1. The van der Waals surface area contributed by atoms with E-state index in [4.69, 9.17) is 15.0 Å². The largest absolute Gasteiger partial charge is 0.307 e. The predicted octanol–water partition coefficient (Wildman–Crippen LogP) is 18.2. The van der Waals surface area contributed by atoms with Crippen molar-refractivity contribution in [2.75, 3.05) is 0 Å². The summed E-state index contributed by atoms with van der Waals surface area (Å²) in [5.74, 6) is 2.18. The third-order valence-corrected chi connectivity index (χ3v) is 13.5. The van der Waals surface area contributed by atoms with Gasteiger partial charge in [-0.1, -0.05) is 250 Å². The highest BCUT2D eigenvalue weighted by molar-refractivity contribution is 6.18.